The molecule has 0 saturated heterocycles. The maximum absolute atomic E-state index is 12.1. The van der Waals surface area contributed by atoms with Gasteiger partial charge in [-0.25, -0.2) is 0 Å². The molecule has 2 atom stereocenters. The van der Waals surface area contributed by atoms with Crippen molar-refractivity contribution in [2.75, 3.05) is 0 Å². The Labute approximate surface area is 121 Å². The zero-order valence-corrected chi connectivity index (χ0v) is 12.4. The SMILES string of the molecule is CC1CCCC(NC(=O)Cc2ccc(CN)cc2)CC1. The summed E-state index contributed by atoms with van der Waals surface area (Å²) in [5.41, 5.74) is 7.73. The third kappa shape index (κ3) is 4.64. The Kier molecular flexibility index (Phi) is 5.60. The third-order valence-electron chi connectivity index (χ3n) is 4.25. The van der Waals surface area contributed by atoms with E-state index in [-0.39, 0.29) is 5.91 Å². The van der Waals surface area contributed by atoms with Gasteiger partial charge in [-0.1, -0.05) is 44.0 Å². The maximum atomic E-state index is 12.1. The van der Waals surface area contributed by atoms with Gasteiger partial charge in [0.05, 0.1) is 6.42 Å². The van der Waals surface area contributed by atoms with Gasteiger partial charge in [0.25, 0.3) is 0 Å². The van der Waals surface area contributed by atoms with Crippen molar-refractivity contribution in [3.05, 3.63) is 35.4 Å². The van der Waals surface area contributed by atoms with E-state index in [0.717, 1.165) is 29.9 Å². The van der Waals surface area contributed by atoms with Crippen LogP contribution in [0.25, 0.3) is 0 Å². The second-order valence-electron chi connectivity index (χ2n) is 6.08. The first-order valence-electron chi connectivity index (χ1n) is 7.74. The Morgan fingerprint density at radius 3 is 2.55 bits per heavy atom. The maximum Gasteiger partial charge on any atom is 0.224 e. The summed E-state index contributed by atoms with van der Waals surface area (Å²) in [5, 5.41) is 3.19. The van der Waals surface area contributed by atoms with Crippen LogP contribution in [0.2, 0.25) is 0 Å². The minimum atomic E-state index is 0.144. The minimum Gasteiger partial charge on any atom is -0.353 e. The molecule has 0 bridgehead atoms. The van der Waals surface area contributed by atoms with Crippen LogP contribution >= 0.6 is 0 Å². The van der Waals surface area contributed by atoms with Crippen LogP contribution in [0, 0.1) is 5.92 Å². The van der Waals surface area contributed by atoms with Crippen molar-refractivity contribution < 1.29 is 4.79 Å². The molecule has 1 aliphatic carbocycles. The molecule has 0 heterocycles. The van der Waals surface area contributed by atoms with Crippen molar-refractivity contribution >= 4 is 5.91 Å². The predicted octanol–water partition coefficient (Wildman–Crippen LogP) is 2.77. The smallest absolute Gasteiger partial charge is 0.224 e. The number of carbonyl (C=O) groups is 1. The molecule has 20 heavy (non-hydrogen) atoms. The highest BCUT2D eigenvalue weighted by Gasteiger charge is 2.17. The molecule has 1 saturated carbocycles. The number of nitrogens with two attached hydrogens (primary N) is 1. The van der Waals surface area contributed by atoms with E-state index in [4.69, 9.17) is 5.73 Å². The van der Waals surface area contributed by atoms with Crippen molar-refractivity contribution in [1.82, 2.24) is 5.32 Å². The summed E-state index contributed by atoms with van der Waals surface area (Å²) in [6.45, 7) is 2.86. The van der Waals surface area contributed by atoms with Gasteiger partial charge in [0, 0.05) is 12.6 Å². The summed E-state index contributed by atoms with van der Waals surface area (Å²) in [6, 6.07) is 8.36. The van der Waals surface area contributed by atoms with Gasteiger partial charge in [-0.15, -0.1) is 0 Å². The van der Waals surface area contributed by atoms with Gasteiger partial charge in [-0.05, 0) is 36.3 Å². The fourth-order valence-corrected chi connectivity index (χ4v) is 2.89. The molecule has 0 spiro atoms. The molecule has 110 valence electrons. The van der Waals surface area contributed by atoms with Crippen LogP contribution in [0.4, 0.5) is 0 Å². The van der Waals surface area contributed by atoms with Gasteiger partial charge in [0.1, 0.15) is 0 Å². The summed E-state index contributed by atoms with van der Waals surface area (Å²) < 4.78 is 0. The second-order valence-corrected chi connectivity index (χ2v) is 6.08. The molecule has 2 rings (SSSR count). The zero-order chi connectivity index (χ0) is 14.4. The number of carbonyl (C=O) groups excluding carboxylic acids is 1. The molecule has 1 aromatic rings. The topological polar surface area (TPSA) is 55.1 Å². The lowest BCUT2D eigenvalue weighted by molar-refractivity contribution is -0.121. The molecular formula is C17H26N2O. The van der Waals surface area contributed by atoms with Gasteiger partial charge in [0.15, 0.2) is 0 Å². The quantitative estimate of drug-likeness (QED) is 0.830. The number of hydrogen-bond acceptors (Lipinski definition) is 2. The second kappa shape index (κ2) is 7.44. The van der Waals surface area contributed by atoms with Gasteiger partial charge < -0.3 is 11.1 Å². The van der Waals surface area contributed by atoms with Crippen molar-refractivity contribution in [2.24, 2.45) is 11.7 Å². The zero-order valence-electron chi connectivity index (χ0n) is 12.4. The number of nitrogens with one attached hydrogen (secondary N) is 1. The highest BCUT2D eigenvalue weighted by molar-refractivity contribution is 5.78. The summed E-state index contributed by atoms with van der Waals surface area (Å²) >= 11 is 0. The van der Waals surface area contributed by atoms with E-state index in [0.29, 0.717) is 19.0 Å². The fourth-order valence-electron chi connectivity index (χ4n) is 2.89. The Morgan fingerprint density at radius 2 is 1.85 bits per heavy atom. The molecule has 0 radical (unpaired) electrons. The van der Waals surface area contributed by atoms with Crippen LogP contribution in [0.15, 0.2) is 24.3 Å². The molecule has 3 nitrogen and oxygen atoms in total. The number of hydrogen-bond donors (Lipinski definition) is 2. The Bertz CT molecular complexity index is 427. The number of benzene rings is 1. The summed E-state index contributed by atoms with van der Waals surface area (Å²) in [7, 11) is 0. The van der Waals surface area contributed by atoms with Crippen molar-refractivity contribution in [2.45, 2.75) is 58.0 Å². The van der Waals surface area contributed by atoms with Gasteiger partial charge in [-0.2, -0.15) is 0 Å². The minimum absolute atomic E-state index is 0.144. The van der Waals surface area contributed by atoms with Crippen molar-refractivity contribution in [3.63, 3.8) is 0 Å². The normalized spacial score (nSPS) is 23.1. The summed E-state index contributed by atoms with van der Waals surface area (Å²) in [5.74, 6) is 0.950. The van der Waals surface area contributed by atoms with Crippen LogP contribution in [-0.2, 0) is 17.8 Å². The highest BCUT2D eigenvalue weighted by Crippen LogP contribution is 2.22. The third-order valence-corrected chi connectivity index (χ3v) is 4.25. The van der Waals surface area contributed by atoms with Crippen LogP contribution < -0.4 is 11.1 Å². The molecule has 0 aliphatic heterocycles. The van der Waals surface area contributed by atoms with Crippen LogP contribution in [0.1, 0.15) is 50.2 Å². The monoisotopic (exact) mass is 274 g/mol. The molecule has 2 unspecified atom stereocenters. The lowest BCUT2D eigenvalue weighted by Crippen LogP contribution is -2.35. The Balaban J connectivity index is 1.82. The Hall–Kier alpha value is -1.35. The lowest BCUT2D eigenvalue weighted by Gasteiger charge is -2.16. The summed E-state index contributed by atoms with van der Waals surface area (Å²) in [4.78, 5) is 12.1. The molecule has 0 aromatic heterocycles. The van der Waals surface area contributed by atoms with E-state index in [1.165, 1.54) is 19.3 Å². The van der Waals surface area contributed by atoms with Crippen LogP contribution in [0.5, 0.6) is 0 Å². The summed E-state index contributed by atoms with van der Waals surface area (Å²) in [6.07, 6.45) is 6.48. The van der Waals surface area contributed by atoms with Crippen molar-refractivity contribution in [1.29, 1.82) is 0 Å². The molecule has 1 aromatic carbocycles. The van der Waals surface area contributed by atoms with Gasteiger partial charge in [0.2, 0.25) is 5.91 Å². The van der Waals surface area contributed by atoms with E-state index < -0.39 is 0 Å². The largest absolute Gasteiger partial charge is 0.353 e. The first-order valence-corrected chi connectivity index (χ1v) is 7.74. The standard InChI is InChI=1S/C17H26N2O/c1-13-3-2-4-16(10-5-13)19-17(20)11-14-6-8-15(12-18)9-7-14/h6-9,13,16H,2-5,10-12,18H2,1H3,(H,19,20). The lowest BCUT2D eigenvalue weighted by atomic mass is 10.0. The Morgan fingerprint density at radius 1 is 1.15 bits per heavy atom. The van der Waals surface area contributed by atoms with E-state index in [9.17, 15) is 4.79 Å². The molecule has 1 fully saturated rings. The average Bonchev–Trinajstić information content (AvgIpc) is 2.64. The highest BCUT2D eigenvalue weighted by atomic mass is 16.1. The van der Waals surface area contributed by atoms with E-state index >= 15 is 0 Å². The van der Waals surface area contributed by atoms with Crippen LogP contribution in [0.3, 0.4) is 0 Å². The predicted molar refractivity (Wildman–Crippen MR) is 82.2 cm³/mol. The van der Waals surface area contributed by atoms with Gasteiger partial charge >= 0.3 is 0 Å². The van der Waals surface area contributed by atoms with Crippen LogP contribution in [-0.4, -0.2) is 11.9 Å². The number of amides is 1. The molecular weight excluding hydrogens is 248 g/mol. The van der Waals surface area contributed by atoms with E-state index in [1.54, 1.807) is 0 Å². The van der Waals surface area contributed by atoms with E-state index in [2.05, 4.69) is 12.2 Å². The van der Waals surface area contributed by atoms with Gasteiger partial charge in [-0.3, -0.25) is 4.79 Å². The first-order chi connectivity index (χ1) is 9.67. The first kappa shape index (κ1) is 15.0. The molecule has 3 N–H and O–H groups in total. The van der Waals surface area contributed by atoms with E-state index in [1.807, 2.05) is 24.3 Å². The fraction of sp³-hybridized carbons (Fsp3) is 0.588. The number of rotatable bonds is 4. The average molecular weight is 274 g/mol. The molecule has 1 aliphatic rings. The molecule has 1 amide bonds. The van der Waals surface area contributed by atoms with Crippen molar-refractivity contribution in [3.8, 4) is 0 Å². The molecule has 3 heteroatoms.